The second-order valence-electron chi connectivity index (χ2n) is 5.34. The molecule has 116 valence electrons. The molecule has 0 spiro atoms. The van der Waals surface area contributed by atoms with Crippen LogP contribution in [-0.2, 0) is 0 Å². The third-order valence-electron chi connectivity index (χ3n) is 3.98. The van der Waals surface area contributed by atoms with Gasteiger partial charge in [0.25, 0.3) is 0 Å². The lowest BCUT2D eigenvalue weighted by Crippen LogP contribution is -2.51. The van der Waals surface area contributed by atoms with Crippen molar-refractivity contribution in [2.75, 3.05) is 25.6 Å². The van der Waals surface area contributed by atoms with Crippen molar-refractivity contribution in [3.63, 3.8) is 0 Å². The van der Waals surface area contributed by atoms with Gasteiger partial charge in [0.2, 0.25) is 0 Å². The Labute approximate surface area is 129 Å². The maximum absolute atomic E-state index is 12.4. The average molecular weight is 313 g/mol. The number of aliphatic hydroxyl groups is 1. The largest absolute Gasteiger partial charge is 0.497 e. The van der Waals surface area contributed by atoms with Crippen molar-refractivity contribution in [2.24, 2.45) is 5.92 Å². The molecule has 0 aliphatic carbocycles. The normalized spacial score (nSPS) is 22.0. The predicted octanol–water partition coefficient (Wildman–Crippen LogP) is 2.97. The Bertz CT molecular complexity index is 510. The number of hydrogen-bond donors (Lipinski definition) is 2. The molecule has 1 aromatic rings. The molecular formula is C15H21ClN2O3. The highest BCUT2D eigenvalue weighted by atomic mass is 35.5. The van der Waals surface area contributed by atoms with Crippen LogP contribution in [0.15, 0.2) is 18.2 Å². The first-order chi connectivity index (χ1) is 10.1. The molecule has 2 atom stereocenters. The lowest BCUT2D eigenvalue weighted by atomic mass is 9.91. The minimum Gasteiger partial charge on any atom is -0.497 e. The van der Waals surface area contributed by atoms with E-state index in [1.165, 1.54) is 0 Å². The molecule has 0 saturated carbocycles. The van der Waals surface area contributed by atoms with E-state index in [1.807, 2.05) is 0 Å². The summed E-state index contributed by atoms with van der Waals surface area (Å²) in [5, 5.41) is 12.7. The second-order valence-corrected chi connectivity index (χ2v) is 5.75. The van der Waals surface area contributed by atoms with Gasteiger partial charge in [0.05, 0.1) is 30.5 Å². The van der Waals surface area contributed by atoms with Crippen LogP contribution < -0.4 is 10.1 Å². The van der Waals surface area contributed by atoms with Gasteiger partial charge >= 0.3 is 6.03 Å². The molecule has 2 N–H and O–H groups in total. The number of amides is 2. The molecule has 1 aromatic carbocycles. The molecule has 2 amide bonds. The number of carbonyl (C=O) groups is 1. The first-order valence-electron chi connectivity index (χ1n) is 7.08. The van der Waals surface area contributed by atoms with E-state index in [4.69, 9.17) is 16.3 Å². The average Bonchev–Trinajstić information content (AvgIpc) is 2.48. The Kier molecular flexibility index (Phi) is 5.31. The molecule has 1 heterocycles. The molecule has 2 unspecified atom stereocenters. The number of ether oxygens (including phenoxy) is 1. The smallest absolute Gasteiger partial charge is 0.322 e. The molecular weight excluding hydrogens is 292 g/mol. The summed E-state index contributed by atoms with van der Waals surface area (Å²) in [6, 6.07) is 4.73. The molecule has 6 heteroatoms. The van der Waals surface area contributed by atoms with Crippen LogP contribution in [-0.4, -0.2) is 42.3 Å². The maximum atomic E-state index is 12.4. The maximum Gasteiger partial charge on any atom is 0.322 e. The zero-order chi connectivity index (χ0) is 15.4. The molecule has 1 saturated heterocycles. The van der Waals surface area contributed by atoms with E-state index < -0.39 is 0 Å². The van der Waals surface area contributed by atoms with Gasteiger partial charge in [0.15, 0.2) is 0 Å². The lowest BCUT2D eigenvalue weighted by molar-refractivity contribution is 0.0811. The Balaban J connectivity index is 2.10. The highest BCUT2D eigenvalue weighted by Gasteiger charge is 2.31. The summed E-state index contributed by atoms with van der Waals surface area (Å²) >= 11 is 6.13. The van der Waals surface area contributed by atoms with Crippen molar-refractivity contribution < 1.29 is 14.6 Å². The van der Waals surface area contributed by atoms with Crippen LogP contribution in [0.25, 0.3) is 0 Å². The lowest BCUT2D eigenvalue weighted by Gasteiger charge is -2.38. The summed E-state index contributed by atoms with van der Waals surface area (Å²) in [4.78, 5) is 14.1. The van der Waals surface area contributed by atoms with Crippen molar-refractivity contribution >= 4 is 23.3 Å². The van der Waals surface area contributed by atoms with E-state index in [-0.39, 0.29) is 18.7 Å². The number of nitrogens with zero attached hydrogens (tertiary/aromatic N) is 1. The van der Waals surface area contributed by atoms with E-state index in [9.17, 15) is 9.90 Å². The van der Waals surface area contributed by atoms with E-state index in [2.05, 4.69) is 12.2 Å². The Morgan fingerprint density at radius 1 is 1.57 bits per heavy atom. The first-order valence-corrected chi connectivity index (χ1v) is 7.46. The molecule has 0 aromatic heterocycles. The van der Waals surface area contributed by atoms with Crippen molar-refractivity contribution in [3.8, 4) is 5.75 Å². The molecule has 1 aliphatic rings. The van der Waals surface area contributed by atoms with Gasteiger partial charge in [-0.2, -0.15) is 0 Å². The minimum atomic E-state index is -0.229. The molecule has 1 fully saturated rings. The fourth-order valence-electron chi connectivity index (χ4n) is 2.69. The molecule has 0 radical (unpaired) electrons. The van der Waals surface area contributed by atoms with Gasteiger partial charge in [0.1, 0.15) is 5.75 Å². The number of halogens is 1. The van der Waals surface area contributed by atoms with Crippen LogP contribution in [0, 0.1) is 5.92 Å². The van der Waals surface area contributed by atoms with E-state index in [0.717, 1.165) is 12.8 Å². The topological polar surface area (TPSA) is 61.8 Å². The monoisotopic (exact) mass is 312 g/mol. The fourth-order valence-corrected chi connectivity index (χ4v) is 2.91. The Morgan fingerprint density at radius 3 is 2.95 bits per heavy atom. The van der Waals surface area contributed by atoms with Crippen molar-refractivity contribution in [3.05, 3.63) is 23.2 Å². The summed E-state index contributed by atoms with van der Waals surface area (Å²) in [5.74, 6) is 0.929. The highest BCUT2D eigenvalue weighted by Crippen LogP contribution is 2.28. The summed E-state index contributed by atoms with van der Waals surface area (Å²) in [6.45, 7) is 2.68. The van der Waals surface area contributed by atoms with Crippen molar-refractivity contribution in [2.45, 2.75) is 25.8 Å². The fraction of sp³-hybridized carbons (Fsp3) is 0.533. The van der Waals surface area contributed by atoms with Gasteiger partial charge in [-0.25, -0.2) is 4.79 Å². The number of carbonyl (C=O) groups excluding carboxylic acids is 1. The molecule has 2 rings (SSSR count). The summed E-state index contributed by atoms with van der Waals surface area (Å²) in [5.41, 5.74) is 0.539. The van der Waals surface area contributed by atoms with Gasteiger partial charge in [-0.15, -0.1) is 0 Å². The quantitative estimate of drug-likeness (QED) is 0.902. The highest BCUT2D eigenvalue weighted by molar-refractivity contribution is 6.33. The first kappa shape index (κ1) is 15.9. The molecule has 5 nitrogen and oxygen atoms in total. The SMILES string of the molecule is COc1ccc(NC(=O)N2CCCC(C)C2CO)c(Cl)c1. The van der Waals surface area contributed by atoms with E-state index >= 15 is 0 Å². The third-order valence-corrected chi connectivity index (χ3v) is 4.29. The van der Waals surface area contributed by atoms with Crippen LogP contribution in [0.1, 0.15) is 19.8 Å². The third kappa shape index (κ3) is 3.60. The molecule has 21 heavy (non-hydrogen) atoms. The summed E-state index contributed by atoms with van der Waals surface area (Å²) in [6.07, 6.45) is 1.97. The number of nitrogens with one attached hydrogen (secondary N) is 1. The summed E-state index contributed by atoms with van der Waals surface area (Å²) in [7, 11) is 1.56. The van der Waals surface area contributed by atoms with Crippen LogP contribution in [0.4, 0.5) is 10.5 Å². The Hall–Kier alpha value is -1.46. The van der Waals surface area contributed by atoms with Gasteiger partial charge in [0, 0.05) is 12.6 Å². The number of aliphatic hydroxyl groups excluding tert-OH is 1. The zero-order valence-electron chi connectivity index (χ0n) is 12.3. The Morgan fingerprint density at radius 2 is 2.33 bits per heavy atom. The predicted molar refractivity (Wildman–Crippen MR) is 83.0 cm³/mol. The van der Waals surface area contributed by atoms with Crippen LogP contribution in [0.3, 0.4) is 0 Å². The van der Waals surface area contributed by atoms with E-state index in [1.54, 1.807) is 30.2 Å². The van der Waals surface area contributed by atoms with Gasteiger partial charge in [-0.05, 0) is 30.9 Å². The minimum absolute atomic E-state index is 0.0229. The number of rotatable bonds is 3. The van der Waals surface area contributed by atoms with Gasteiger partial charge in [-0.3, -0.25) is 0 Å². The van der Waals surface area contributed by atoms with Crippen LogP contribution in [0.5, 0.6) is 5.75 Å². The number of anilines is 1. The number of piperidine rings is 1. The number of benzene rings is 1. The molecule has 0 bridgehead atoms. The number of likely N-dealkylation sites (tertiary alicyclic amines) is 1. The van der Waals surface area contributed by atoms with Crippen molar-refractivity contribution in [1.29, 1.82) is 0 Å². The van der Waals surface area contributed by atoms with Crippen LogP contribution in [0.2, 0.25) is 5.02 Å². The van der Waals surface area contributed by atoms with Gasteiger partial charge in [-0.1, -0.05) is 18.5 Å². The van der Waals surface area contributed by atoms with Gasteiger partial charge < -0.3 is 20.1 Å². The zero-order valence-corrected chi connectivity index (χ0v) is 13.1. The number of hydrogen-bond acceptors (Lipinski definition) is 3. The van der Waals surface area contributed by atoms with Crippen molar-refractivity contribution in [1.82, 2.24) is 4.90 Å². The summed E-state index contributed by atoms with van der Waals surface area (Å²) < 4.78 is 5.08. The number of methoxy groups -OCH3 is 1. The van der Waals surface area contributed by atoms with E-state index in [0.29, 0.717) is 28.9 Å². The standard InChI is InChI=1S/C15H21ClN2O3/c1-10-4-3-7-18(14(10)9-19)15(20)17-13-6-5-11(21-2)8-12(13)16/h5-6,8,10,14,19H,3-4,7,9H2,1-2H3,(H,17,20). The second kappa shape index (κ2) is 7.00. The number of urea groups is 1. The molecule has 1 aliphatic heterocycles. The van der Waals surface area contributed by atoms with Crippen LogP contribution >= 0.6 is 11.6 Å².